The highest BCUT2D eigenvalue weighted by molar-refractivity contribution is 6.02. The van der Waals surface area contributed by atoms with Crippen LogP contribution in [0.25, 0.3) is 11.0 Å². The van der Waals surface area contributed by atoms with Crippen molar-refractivity contribution in [3.63, 3.8) is 0 Å². The molecule has 7 nitrogen and oxygen atoms in total. The van der Waals surface area contributed by atoms with Gasteiger partial charge < -0.3 is 20.4 Å². The summed E-state index contributed by atoms with van der Waals surface area (Å²) >= 11 is 0. The molecule has 2 fully saturated rings. The second-order valence-electron chi connectivity index (χ2n) is 6.26. The number of pyridine rings is 1. The lowest BCUT2D eigenvalue weighted by atomic mass is 9.95. The van der Waals surface area contributed by atoms with E-state index in [1.807, 2.05) is 0 Å². The van der Waals surface area contributed by atoms with Gasteiger partial charge in [0.25, 0.3) is 5.91 Å². The molecule has 2 aliphatic rings. The lowest BCUT2D eigenvalue weighted by Gasteiger charge is -2.21. The van der Waals surface area contributed by atoms with Crippen molar-refractivity contribution in [3.05, 3.63) is 24.2 Å². The number of rotatable bonds is 3. The van der Waals surface area contributed by atoms with E-state index in [0.29, 0.717) is 34.4 Å². The highest BCUT2D eigenvalue weighted by Gasteiger charge is 2.39. The van der Waals surface area contributed by atoms with Crippen LogP contribution in [0.2, 0.25) is 0 Å². The zero-order valence-electron chi connectivity index (χ0n) is 12.8. The summed E-state index contributed by atoms with van der Waals surface area (Å²) in [5.74, 6) is -0.384. The Morgan fingerprint density at radius 1 is 1.39 bits per heavy atom. The maximum atomic E-state index is 12.5. The first-order chi connectivity index (χ1) is 11.1. The van der Waals surface area contributed by atoms with E-state index in [-0.39, 0.29) is 17.9 Å². The van der Waals surface area contributed by atoms with Gasteiger partial charge in [0.15, 0.2) is 5.58 Å². The fraction of sp³-hybridized carbons (Fsp3) is 0.438. The number of aromatic nitrogens is 1. The average Bonchev–Trinajstić information content (AvgIpc) is 3.22. The third kappa shape index (κ3) is 2.57. The number of fused-ring (bicyclic) bond motifs is 3. The van der Waals surface area contributed by atoms with E-state index in [2.05, 4.69) is 20.9 Å². The molecular weight excluding hydrogens is 296 g/mol. The maximum Gasteiger partial charge on any atom is 0.270 e. The van der Waals surface area contributed by atoms with Crippen molar-refractivity contribution < 1.29 is 14.0 Å². The minimum absolute atomic E-state index is 0.165. The lowest BCUT2D eigenvalue weighted by molar-refractivity contribution is -0.114. The van der Waals surface area contributed by atoms with E-state index in [1.54, 1.807) is 6.07 Å². The summed E-state index contributed by atoms with van der Waals surface area (Å²) in [5, 5.41) is 9.91. The van der Waals surface area contributed by atoms with Gasteiger partial charge in [0.05, 0.1) is 11.9 Å². The van der Waals surface area contributed by atoms with Crippen LogP contribution in [-0.4, -0.2) is 34.9 Å². The van der Waals surface area contributed by atoms with Gasteiger partial charge >= 0.3 is 0 Å². The molecule has 0 aromatic carbocycles. The van der Waals surface area contributed by atoms with Gasteiger partial charge in [0, 0.05) is 30.4 Å². The van der Waals surface area contributed by atoms with Crippen molar-refractivity contribution in [2.24, 2.45) is 0 Å². The first-order valence-corrected chi connectivity index (χ1v) is 7.82. The zero-order chi connectivity index (χ0) is 16.0. The third-order valence-electron chi connectivity index (χ3n) is 4.62. The van der Waals surface area contributed by atoms with Crippen molar-refractivity contribution in [1.29, 1.82) is 0 Å². The van der Waals surface area contributed by atoms with Gasteiger partial charge in [-0.3, -0.25) is 9.59 Å². The minimum atomic E-state index is -0.193. The SMILES string of the molecule is CC(=O)Nc1coc2cnc(C(=O)N[C@@H]3C[C@H]4CC[C@@H]3N4)cc12. The van der Waals surface area contributed by atoms with Crippen molar-refractivity contribution in [2.75, 3.05) is 5.32 Å². The average molecular weight is 314 g/mol. The summed E-state index contributed by atoms with van der Waals surface area (Å²) in [7, 11) is 0. The van der Waals surface area contributed by atoms with Crippen LogP contribution >= 0.6 is 0 Å². The van der Waals surface area contributed by atoms with Crippen LogP contribution in [0.4, 0.5) is 5.69 Å². The normalized spacial score (nSPS) is 25.7. The number of carbonyl (C=O) groups excluding carboxylic acids is 2. The number of amides is 2. The van der Waals surface area contributed by atoms with Crippen molar-refractivity contribution >= 4 is 28.5 Å². The molecule has 0 radical (unpaired) electrons. The Hall–Kier alpha value is -2.41. The topological polar surface area (TPSA) is 96.3 Å². The molecule has 7 heteroatoms. The molecule has 3 N–H and O–H groups in total. The van der Waals surface area contributed by atoms with Crippen LogP contribution in [0, 0.1) is 0 Å². The number of nitrogens with one attached hydrogen (secondary N) is 3. The molecule has 2 saturated heterocycles. The Balaban J connectivity index is 1.55. The summed E-state index contributed by atoms with van der Waals surface area (Å²) in [6, 6.07) is 2.72. The van der Waals surface area contributed by atoms with Crippen molar-refractivity contribution in [3.8, 4) is 0 Å². The van der Waals surface area contributed by atoms with Gasteiger partial charge in [0.2, 0.25) is 5.91 Å². The first-order valence-electron chi connectivity index (χ1n) is 7.82. The Morgan fingerprint density at radius 3 is 2.96 bits per heavy atom. The Labute approximate surface area is 132 Å². The van der Waals surface area contributed by atoms with E-state index >= 15 is 0 Å². The van der Waals surface area contributed by atoms with Crippen LogP contribution in [0.15, 0.2) is 22.9 Å². The zero-order valence-corrected chi connectivity index (χ0v) is 12.8. The molecule has 2 aromatic heterocycles. The van der Waals surface area contributed by atoms with E-state index in [1.165, 1.54) is 25.8 Å². The number of anilines is 1. The van der Waals surface area contributed by atoms with Gasteiger partial charge in [-0.2, -0.15) is 0 Å². The number of carbonyl (C=O) groups is 2. The predicted molar refractivity (Wildman–Crippen MR) is 84.1 cm³/mol. The molecule has 23 heavy (non-hydrogen) atoms. The Bertz CT molecular complexity index is 785. The quantitative estimate of drug-likeness (QED) is 0.796. The summed E-state index contributed by atoms with van der Waals surface area (Å²) in [4.78, 5) is 27.8. The minimum Gasteiger partial charge on any atom is -0.460 e. The van der Waals surface area contributed by atoms with E-state index in [9.17, 15) is 9.59 Å². The standard InChI is InChI=1S/C16H18N4O3/c1-8(21)18-14-7-23-15-6-17-13(5-10(14)15)16(22)20-12-4-9-2-3-11(12)19-9/h5-7,9,11-12,19H,2-4H2,1H3,(H,18,21)(H,20,22)/t9-,11+,12-/m1/s1. The number of nitrogens with zero attached hydrogens (tertiary/aromatic N) is 1. The second-order valence-corrected chi connectivity index (χ2v) is 6.26. The van der Waals surface area contributed by atoms with Gasteiger partial charge in [0.1, 0.15) is 12.0 Å². The summed E-state index contributed by atoms with van der Waals surface area (Å²) in [5.41, 5.74) is 1.41. The Kier molecular flexibility index (Phi) is 3.30. The van der Waals surface area contributed by atoms with E-state index in [4.69, 9.17) is 4.42 Å². The highest BCUT2D eigenvalue weighted by atomic mass is 16.3. The summed E-state index contributed by atoms with van der Waals surface area (Å²) in [6.07, 6.45) is 6.23. The predicted octanol–water partition coefficient (Wildman–Crippen LogP) is 1.41. The number of hydrogen-bond donors (Lipinski definition) is 3. The molecule has 0 unspecified atom stereocenters. The number of hydrogen-bond acceptors (Lipinski definition) is 5. The molecule has 2 bridgehead atoms. The summed E-state index contributed by atoms with van der Waals surface area (Å²) < 4.78 is 5.34. The molecule has 0 saturated carbocycles. The molecule has 2 amide bonds. The van der Waals surface area contributed by atoms with Crippen LogP contribution in [0.3, 0.4) is 0 Å². The smallest absolute Gasteiger partial charge is 0.270 e. The molecule has 4 rings (SSSR count). The van der Waals surface area contributed by atoms with Crippen LogP contribution < -0.4 is 16.0 Å². The lowest BCUT2D eigenvalue weighted by Crippen LogP contribution is -2.43. The van der Waals surface area contributed by atoms with Gasteiger partial charge in [-0.15, -0.1) is 0 Å². The maximum absolute atomic E-state index is 12.5. The molecule has 4 heterocycles. The highest BCUT2D eigenvalue weighted by Crippen LogP contribution is 2.29. The molecule has 2 aliphatic heterocycles. The van der Waals surface area contributed by atoms with Crippen molar-refractivity contribution in [1.82, 2.24) is 15.6 Å². The third-order valence-corrected chi connectivity index (χ3v) is 4.62. The molecule has 0 aliphatic carbocycles. The molecule has 2 aromatic rings. The van der Waals surface area contributed by atoms with E-state index in [0.717, 1.165) is 12.8 Å². The Morgan fingerprint density at radius 2 is 2.26 bits per heavy atom. The largest absolute Gasteiger partial charge is 0.460 e. The van der Waals surface area contributed by atoms with Gasteiger partial charge in [-0.1, -0.05) is 0 Å². The van der Waals surface area contributed by atoms with Gasteiger partial charge in [-0.25, -0.2) is 4.98 Å². The summed E-state index contributed by atoms with van der Waals surface area (Å²) in [6.45, 7) is 1.43. The fourth-order valence-corrected chi connectivity index (χ4v) is 3.57. The monoisotopic (exact) mass is 314 g/mol. The molecule has 120 valence electrons. The fourth-order valence-electron chi connectivity index (χ4n) is 3.57. The number of furan rings is 1. The van der Waals surface area contributed by atoms with Crippen LogP contribution in [0.5, 0.6) is 0 Å². The van der Waals surface area contributed by atoms with Crippen LogP contribution in [0.1, 0.15) is 36.7 Å². The van der Waals surface area contributed by atoms with E-state index < -0.39 is 0 Å². The first kappa shape index (κ1) is 14.2. The van der Waals surface area contributed by atoms with Crippen LogP contribution in [-0.2, 0) is 4.79 Å². The molecule has 0 spiro atoms. The molecular formula is C16H18N4O3. The molecule has 3 atom stereocenters. The second kappa shape index (κ2) is 5.34. The van der Waals surface area contributed by atoms with Gasteiger partial charge in [-0.05, 0) is 25.3 Å². The van der Waals surface area contributed by atoms with Crippen molar-refractivity contribution in [2.45, 2.75) is 44.3 Å².